The van der Waals surface area contributed by atoms with Crippen molar-refractivity contribution >= 4 is 48.2 Å². The molecule has 4 fully saturated rings. The monoisotopic (exact) mass is 630 g/mol. The number of carbonyl (C=O) groups is 2. The predicted molar refractivity (Wildman–Crippen MR) is 154 cm³/mol. The summed E-state index contributed by atoms with van der Waals surface area (Å²) in [6.45, 7) is 8.91. The summed E-state index contributed by atoms with van der Waals surface area (Å²) in [5, 5.41) is 14.1. The smallest absolute Gasteiger partial charge is 0.469 e. The molecule has 0 spiro atoms. The van der Waals surface area contributed by atoms with E-state index in [4.69, 9.17) is 39.8 Å². The molecule has 0 aromatic rings. The van der Waals surface area contributed by atoms with Crippen LogP contribution in [0, 0.1) is 11.8 Å². The first kappa shape index (κ1) is 29.9. The largest absolute Gasteiger partial charge is 0.576 e. The Morgan fingerprint density at radius 2 is 1.95 bits per heavy atom. The van der Waals surface area contributed by atoms with Crippen molar-refractivity contribution in [1.82, 2.24) is 15.1 Å². The molecule has 6 aliphatic rings. The first-order chi connectivity index (χ1) is 19.2. The molecule has 226 valence electrons. The third-order valence-corrected chi connectivity index (χ3v) is 12.3. The second-order valence-electron chi connectivity index (χ2n) is 12.5. The summed E-state index contributed by atoms with van der Waals surface area (Å²) < 4.78 is 36.8. The van der Waals surface area contributed by atoms with Crippen LogP contribution >= 0.6 is 32.1 Å². The molecule has 2 aliphatic carbocycles. The maximum absolute atomic E-state index is 13.2. The average Bonchev–Trinajstić information content (AvgIpc) is 3.51. The van der Waals surface area contributed by atoms with Crippen LogP contribution in [0.1, 0.15) is 34.1 Å². The van der Waals surface area contributed by atoms with Crippen LogP contribution in [-0.4, -0.2) is 106 Å². The maximum Gasteiger partial charge on any atom is 0.576 e. The van der Waals surface area contributed by atoms with Gasteiger partial charge in [0.25, 0.3) is 0 Å². The molecule has 0 aromatic carbocycles. The lowest BCUT2D eigenvalue weighted by molar-refractivity contribution is -0.143. The van der Waals surface area contributed by atoms with Crippen molar-refractivity contribution in [2.24, 2.45) is 11.8 Å². The molecule has 8 atom stereocenters. The average molecular weight is 631 g/mol. The van der Waals surface area contributed by atoms with E-state index in [0.29, 0.717) is 24.4 Å². The number of aliphatic hydroxyl groups is 1. The number of piperidine rings is 1. The summed E-state index contributed by atoms with van der Waals surface area (Å²) in [6.07, 6.45) is 0.448. The molecule has 41 heavy (non-hydrogen) atoms. The van der Waals surface area contributed by atoms with Crippen LogP contribution in [-0.2, 0) is 37.2 Å². The zero-order valence-corrected chi connectivity index (χ0v) is 26.4. The normalized spacial score (nSPS) is 39.2. The third-order valence-electron chi connectivity index (χ3n) is 8.50. The van der Waals surface area contributed by atoms with Crippen LogP contribution in [0.3, 0.4) is 0 Å². The quantitative estimate of drug-likeness (QED) is 0.193. The second-order valence-corrected chi connectivity index (χ2v) is 15.9. The topological polar surface area (TPSA) is 128 Å². The Hall–Kier alpha value is -1.19. The summed E-state index contributed by atoms with van der Waals surface area (Å²) in [7, 11) is 0.0287. The fraction of sp³-hybridized carbons (Fsp3) is 0.731. The molecule has 0 radical (unpaired) electrons. The number of thioether (sulfide) groups is 1. The highest BCUT2D eigenvalue weighted by molar-refractivity contribution is 8.22. The number of hydrogen-bond donors (Lipinski definition) is 2. The van der Waals surface area contributed by atoms with Crippen molar-refractivity contribution in [2.45, 2.75) is 75.7 Å². The van der Waals surface area contributed by atoms with Gasteiger partial charge in [-0.1, -0.05) is 30.1 Å². The summed E-state index contributed by atoms with van der Waals surface area (Å²) in [5.74, 6) is -1.16. The van der Waals surface area contributed by atoms with E-state index in [2.05, 4.69) is 24.1 Å². The first-order valence-electron chi connectivity index (χ1n) is 13.6. The molecule has 4 heterocycles. The number of rotatable bonds is 6. The summed E-state index contributed by atoms with van der Waals surface area (Å²) in [6, 6.07) is -0.648. The van der Waals surface area contributed by atoms with Gasteiger partial charge in [-0.15, -0.1) is 13.6 Å². The Morgan fingerprint density at radius 1 is 1.22 bits per heavy atom. The van der Waals surface area contributed by atoms with Gasteiger partial charge in [-0.3, -0.25) is 14.5 Å². The molecule has 0 aromatic heterocycles. The second kappa shape index (κ2) is 10.5. The van der Waals surface area contributed by atoms with Crippen LogP contribution < -0.4 is 5.32 Å². The highest BCUT2D eigenvalue weighted by atomic mass is 32.2. The Labute approximate surface area is 249 Å². The van der Waals surface area contributed by atoms with Gasteiger partial charge in [0.15, 0.2) is 30.9 Å². The van der Waals surface area contributed by atoms with Gasteiger partial charge < -0.3 is 24.8 Å². The number of nitrogens with zero attached hydrogens (tertiary/aromatic N) is 2. The van der Waals surface area contributed by atoms with Gasteiger partial charge in [-0.25, -0.2) is 0 Å². The molecule has 4 aliphatic heterocycles. The van der Waals surface area contributed by atoms with Gasteiger partial charge in [-0.05, 0) is 45.8 Å². The van der Waals surface area contributed by atoms with Crippen molar-refractivity contribution < 1.29 is 42.3 Å². The lowest BCUT2D eigenvalue weighted by Gasteiger charge is -2.46. The van der Waals surface area contributed by atoms with Crippen molar-refractivity contribution in [3.05, 3.63) is 23.5 Å². The number of ether oxygens (including phenoxy) is 2. The Bertz CT molecular complexity index is 1210. The van der Waals surface area contributed by atoms with Gasteiger partial charge in [0.05, 0.1) is 25.7 Å². The highest BCUT2D eigenvalue weighted by Crippen LogP contribution is 2.72. The minimum absolute atomic E-state index is 0.0401. The molecule has 15 heteroatoms. The summed E-state index contributed by atoms with van der Waals surface area (Å²) >= 11 is 7.04. The first-order valence-corrected chi connectivity index (χ1v) is 16.4. The lowest BCUT2D eigenvalue weighted by atomic mass is 9.68. The molecule has 1 amide bonds. The molecule has 2 N–H and O–H groups in total. The van der Waals surface area contributed by atoms with Crippen LogP contribution in [0.4, 0.5) is 0 Å². The molecule has 0 bridgehead atoms. The molecule has 0 saturated carbocycles. The van der Waals surface area contributed by atoms with E-state index < -0.39 is 62.0 Å². The molecule has 6 rings (SSSR count). The van der Waals surface area contributed by atoms with Crippen molar-refractivity contribution in [3.8, 4) is 0 Å². The number of ketones is 1. The molecule has 8 unspecified atom stereocenters. The van der Waals surface area contributed by atoms with E-state index in [1.807, 2.05) is 25.8 Å². The number of hydrogen-bond acceptors (Lipinski definition) is 12. The third kappa shape index (κ3) is 5.17. The Kier molecular flexibility index (Phi) is 7.62. The summed E-state index contributed by atoms with van der Waals surface area (Å²) in [4.78, 5) is 30.7. The zero-order chi connectivity index (χ0) is 29.5. The number of Topliss-reactive ketones (excluding diaryl/α,β-unsaturated/α-hetero) is 1. The van der Waals surface area contributed by atoms with Crippen LogP contribution in [0.15, 0.2) is 23.5 Å². The van der Waals surface area contributed by atoms with Crippen LogP contribution in [0.2, 0.25) is 0 Å². The van der Waals surface area contributed by atoms with Gasteiger partial charge in [0.2, 0.25) is 5.91 Å². The number of thiocarbonyl (C=S) groups is 1. The fourth-order valence-electron chi connectivity index (χ4n) is 6.76. The molecule has 4 saturated heterocycles. The number of fused-ring (bicyclic) bond motifs is 6. The molecule has 12 nitrogen and oxygen atoms in total. The molecular weight excluding hydrogens is 593 g/mol. The molecular formula is C26H37N3O9PS2+. The standard InChI is InChI=1S/C26H36N3O9PS2/c1-25(2,29-10-28(5)24(40)41-11-29)9-26(3,4)38-39(33-6)36-20-15(30)7-14-13-8-16-21(35-12-34-16)19(31)17(13)23(32)27-18(14)22(20)37-39/h7-8,13,15,17-18,20-22,30H,9-12H2,1-6H3/p+1. The zero-order valence-electron chi connectivity index (χ0n) is 23.9. The van der Waals surface area contributed by atoms with E-state index in [1.54, 1.807) is 23.9 Å². The lowest BCUT2D eigenvalue weighted by Crippen LogP contribution is -2.63. The number of allylic oxidation sites excluding steroid dienone is 1. The van der Waals surface area contributed by atoms with Crippen LogP contribution in [0.5, 0.6) is 0 Å². The van der Waals surface area contributed by atoms with E-state index in [1.165, 1.54) is 7.11 Å². The Balaban J connectivity index is 1.21. The summed E-state index contributed by atoms with van der Waals surface area (Å²) in [5.41, 5.74) is -0.349. The highest BCUT2D eigenvalue weighted by Gasteiger charge is 2.70. The van der Waals surface area contributed by atoms with E-state index in [9.17, 15) is 14.7 Å². The van der Waals surface area contributed by atoms with Crippen LogP contribution in [0.25, 0.3) is 0 Å². The fourth-order valence-corrected chi connectivity index (χ4v) is 10.1. The van der Waals surface area contributed by atoms with Gasteiger partial charge >= 0.3 is 8.17 Å². The van der Waals surface area contributed by atoms with E-state index in [-0.39, 0.29) is 18.1 Å². The van der Waals surface area contributed by atoms with Crippen molar-refractivity contribution in [2.75, 3.05) is 33.5 Å². The van der Waals surface area contributed by atoms with E-state index in [0.717, 1.165) is 10.2 Å². The SMILES string of the molecule is CO[P+]1(OC(C)(C)CC(C)(C)N2CSC(=S)N(C)C2)OC2C(O)C=C3C4C=C5OCOC5C(=O)C4C(=O)NC3C2O1. The van der Waals surface area contributed by atoms with E-state index >= 15 is 0 Å². The maximum atomic E-state index is 13.2. The number of amides is 1. The minimum Gasteiger partial charge on any atom is -0.469 e. The number of aliphatic hydroxyl groups excluding tert-OH is 1. The van der Waals surface area contributed by atoms with Gasteiger partial charge in [0, 0.05) is 18.5 Å². The van der Waals surface area contributed by atoms with Crippen molar-refractivity contribution in [3.63, 3.8) is 0 Å². The van der Waals surface area contributed by atoms with Gasteiger partial charge in [0.1, 0.15) is 27.7 Å². The van der Waals surface area contributed by atoms with Crippen molar-refractivity contribution in [1.29, 1.82) is 0 Å². The minimum atomic E-state index is -3.42. The van der Waals surface area contributed by atoms with Gasteiger partial charge in [-0.2, -0.15) is 4.52 Å². The number of nitrogens with one attached hydrogen (secondary N) is 1. The number of carbonyl (C=O) groups excluding carboxylic acids is 2. The predicted octanol–water partition coefficient (Wildman–Crippen LogP) is 2.11. The Morgan fingerprint density at radius 3 is 2.66 bits per heavy atom.